The molecule has 0 aliphatic heterocycles. The third kappa shape index (κ3) is 2.22. The molecule has 0 saturated carbocycles. The average Bonchev–Trinajstić information content (AvgIpc) is 2.06. The van der Waals surface area contributed by atoms with Crippen molar-refractivity contribution in [3.63, 3.8) is 0 Å². The van der Waals surface area contributed by atoms with Crippen LogP contribution >= 0.6 is 0 Å². The Labute approximate surface area is 73.3 Å². The average molecular weight is 165 g/mol. The normalized spacial score (nSPS) is 18.2. The molecule has 2 nitrogen and oxygen atoms in total. The molecule has 1 aliphatic rings. The smallest absolute Gasteiger partial charge is 0.0693 e. The fraction of sp³-hybridized carbons (Fsp3) is 0.500. The Morgan fingerprint density at radius 1 is 1.42 bits per heavy atom. The first kappa shape index (κ1) is 9.04. The molecule has 0 heterocycles. The van der Waals surface area contributed by atoms with Gasteiger partial charge in [0.15, 0.2) is 0 Å². The van der Waals surface area contributed by atoms with Gasteiger partial charge < -0.3 is 5.21 Å². The van der Waals surface area contributed by atoms with Crippen molar-refractivity contribution in [1.29, 1.82) is 0 Å². The van der Waals surface area contributed by atoms with E-state index < -0.39 is 0 Å². The molecule has 1 rings (SSSR count). The van der Waals surface area contributed by atoms with Crippen molar-refractivity contribution in [3.8, 4) is 0 Å². The predicted molar refractivity (Wildman–Crippen MR) is 50.5 cm³/mol. The minimum Gasteiger partial charge on any atom is -0.411 e. The van der Waals surface area contributed by atoms with E-state index in [0.717, 1.165) is 18.4 Å². The van der Waals surface area contributed by atoms with Gasteiger partial charge in [0.05, 0.1) is 6.21 Å². The van der Waals surface area contributed by atoms with Crippen molar-refractivity contribution in [2.75, 3.05) is 0 Å². The van der Waals surface area contributed by atoms with Crippen molar-refractivity contribution in [2.24, 2.45) is 11.1 Å². The summed E-state index contributed by atoms with van der Waals surface area (Å²) in [4.78, 5) is 0. The van der Waals surface area contributed by atoms with E-state index in [1.54, 1.807) is 0 Å². The molecule has 1 aliphatic carbocycles. The molecule has 66 valence electrons. The van der Waals surface area contributed by atoms with E-state index in [9.17, 15) is 0 Å². The van der Waals surface area contributed by atoms with E-state index in [-0.39, 0.29) is 0 Å². The third-order valence-electron chi connectivity index (χ3n) is 2.17. The van der Waals surface area contributed by atoms with Gasteiger partial charge in [0, 0.05) is 0 Å². The minimum absolute atomic E-state index is 0.633. The zero-order valence-corrected chi connectivity index (χ0v) is 7.62. The summed E-state index contributed by atoms with van der Waals surface area (Å²) in [6, 6.07) is 0. The summed E-state index contributed by atoms with van der Waals surface area (Å²) >= 11 is 0. The van der Waals surface area contributed by atoms with Gasteiger partial charge in [-0.3, -0.25) is 0 Å². The van der Waals surface area contributed by atoms with E-state index >= 15 is 0 Å². The monoisotopic (exact) mass is 165 g/mol. The highest BCUT2D eigenvalue weighted by molar-refractivity contribution is 5.78. The van der Waals surface area contributed by atoms with Gasteiger partial charge in [-0.15, -0.1) is 0 Å². The first-order valence-corrected chi connectivity index (χ1v) is 4.29. The molecule has 0 atom stereocenters. The quantitative estimate of drug-likeness (QED) is 0.290. The second-order valence-electron chi connectivity index (χ2n) is 3.37. The summed E-state index contributed by atoms with van der Waals surface area (Å²) in [5.41, 5.74) is 2.58. The van der Waals surface area contributed by atoms with Crippen molar-refractivity contribution in [2.45, 2.75) is 26.7 Å². The summed E-state index contributed by atoms with van der Waals surface area (Å²) in [6.07, 6.45) is 7.75. The first-order chi connectivity index (χ1) is 5.74. The lowest BCUT2D eigenvalue weighted by Crippen LogP contribution is -1.99. The molecular formula is C10H15NO. The molecule has 0 bridgehead atoms. The summed E-state index contributed by atoms with van der Waals surface area (Å²) in [5.74, 6) is 0.633. The van der Waals surface area contributed by atoms with Gasteiger partial charge >= 0.3 is 0 Å². The number of hydrogen-bond donors (Lipinski definition) is 1. The van der Waals surface area contributed by atoms with Crippen molar-refractivity contribution >= 4 is 6.21 Å². The minimum atomic E-state index is 0.633. The Balaban J connectivity index is 2.54. The van der Waals surface area contributed by atoms with Crippen LogP contribution in [0, 0.1) is 5.92 Å². The number of allylic oxidation sites excluding steroid dienone is 4. The molecule has 0 aromatic carbocycles. The fourth-order valence-electron chi connectivity index (χ4n) is 1.32. The van der Waals surface area contributed by atoms with Crippen LogP contribution in [0.2, 0.25) is 0 Å². The van der Waals surface area contributed by atoms with Crippen LogP contribution in [0.1, 0.15) is 26.7 Å². The summed E-state index contributed by atoms with van der Waals surface area (Å²) in [7, 11) is 0. The SMILES string of the molecule is CC(C)C1=CCC(/C=N/O)=CC1. The van der Waals surface area contributed by atoms with Crippen molar-refractivity contribution < 1.29 is 5.21 Å². The largest absolute Gasteiger partial charge is 0.411 e. The van der Waals surface area contributed by atoms with Crippen LogP contribution in [0.25, 0.3) is 0 Å². The zero-order chi connectivity index (χ0) is 8.97. The number of oxime groups is 1. The lowest BCUT2D eigenvalue weighted by molar-refractivity contribution is 0.321. The Morgan fingerprint density at radius 3 is 2.58 bits per heavy atom. The van der Waals surface area contributed by atoms with Gasteiger partial charge in [0.1, 0.15) is 0 Å². The van der Waals surface area contributed by atoms with Gasteiger partial charge in [0.25, 0.3) is 0 Å². The van der Waals surface area contributed by atoms with Crippen LogP contribution in [0.5, 0.6) is 0 Å². The second kappa shape index (κ2) is 4.10. The van der Waals surface area contributed by atoms with Crippen LogP contribution in [0.4, 0.5) is 0 Å². The lowest BCUT2D eigenvalue weighted by Gasteiger charge is -2.13. The molecule has 0 saturated heterocycles. The highest BCUT2D eigenvalue weighted by Crippen LogP contribution is 2.22. The van der Waals surface area contributed by atoms with E-state index in [2.05, 4.69) is 31.2 Å². The topological polar surface area (TPSA) is 32.6 Å². The molecule has 0 fully saturated rings. The Hall–Kier alpha value is -1.05. The summed E-state index contributed by atoms with van der Waals surface area (Å²) in [6.45, 7) is 4.40. The molecule has 2 heteroatoms. The maximum Gasteiger partial charge on any atom is 0.0693 e. The molecular weight excluding hydrogens is 150 g/mol. The van der Waals surface area contributed by atoms with Crippen molar-refractivity contribution in [3.05, 3.63) is 23.3 Å². The standard InChI is InChI=1S/C10H15NO/c1-8(2)10-5-3-9(4-6-10)7-11-12/h3,6-8,12H,4-5H2,1-2H3/b11-7+. The van der Waals surface area contributed by atoms with E-state index in [0.29, 0.717) is 5.92 Å². The molecule has 0 aromatic rings. The van der Waals surface area contributed by atoms with Crippen LogP contribution in [-0.4, -0.2) is 11.4 Å². The van der Waals surface area contributed by atoms with Gasteiger partial charge in [-0.05, 0) is 24.3 Å². The molecule has 0 spiro atoms. The van der Waals surface area contributed by atoms with Crippen LogP contribution in [-0.2, 0) is 0 Å². The molecule has 1 N–H and O–H groups in total. The van der Waals surface area contributed by atoms with Crippen LogP contribution in [0.3, 0.4) is 0 Å². The van der Waals surface area contributed by atoms with Gasteiger partial charge in [-0.1, -0.05) is 36.7 Å². The second-order valence-corrected chi connectivity index (χ2v) is 3.37. The van der Waals surface area contributed by atoms with Gasteiger partial charge in [-0.25, -0.2) is 0 Å². The maximum atomic E-state index is 8.30. The molecule has 0 unspecified atom stereocenters. The van der Waals surface area contributed by atoms with Crippen LogP contribution < -0.4 is 0 Å². The Bertz CT molecular complexity index is 236. The molecule has 12 heavy (non-hydrogen) atoms. The zero-order valence-electron chi connectivity index (χ0n) is 7.62. The highest BCUT2D eigenvalue weighted by atomic mass is 16.4. The highest BCUT2D eigenvalue weighted by Gasteiger charge is 2.06. The van der Waals surface area contributed by atoms with E-state index in [1.165, 1.54) is 11.8 Å². The van der Waals surface area contributed by atoms with Crippen LogP contribution in [0.15, 0.2) is 28.5 Å². The molecule has 0 aromatic heterocycles. The Morgan fingerprint density at radius 2 is 2.17 bits per heavy atom. The lowest BCUT2D eigenvalue weighted by atomic mass is 9.92. The number of rotatable bonds is 2. The number of nitrogens with zero attached hydrogens (tertiary/aromatic N) is 1. The van der Waals surface area contributed by atoms with E-state index in [1.807, 2.05) is 0 Å². The Kier molecular flexibility index (Phi) is 3.09. The molecule has 0 radical (unpaired) electrons. The molecule has 0 amide bonds. The maximum absolute atomic E-state index is 8.30. The third-order valence-corrected chi connectivity index (χ3v) is 2.17. The summed E-state index contributed by atoms with van der Waals surface area (Å²) in [5, 5.41) is 11.3. The summed E-state index contributed by atoms with van der Waals surface area (Å²) < 4.78 is 0. The predicted octanol–water partition coefficient (Wildman–Crippen LogP) is 2.75. The first-order valence-electron chi connectivity index (χ1n) is 4.29. The van der Waals surface area contributed by atoms with E-state index in [4.69, 9.17) is 5.21 Å². The van der Waals surface area contributed by atoms with Gasteiger partial charge in [-0.2, -0.15) is 0 Å². The van der Waals surface area contributed by atoms with Crippen molar-refractivity contribution in [1.82, 2.24) is 0 Å². The fourth-order valence-corrected chi connectivity index (χ4v) is 1.32. The van der Waals surface area contributed by atoms with Gasteiger partial charge in [0.2, 0.25) is 0 Å². The number of hydrogen-bond acceptors (Lipinski definition) is 2.